The van der Waals surface area contributed by atoms with Crippen LogP contribution in [0, 0.1) is 5.53 Å². The molecule has 0 fully saturated rings. The minimum absolute atomic E-state index is 0.355. The number of methoxy groups -OCH3 is 2. The van der Waals surface area contributed by atoms with Gasteiger partial charge in [0.15, 0.2) is 0 Å². The number of rotatable bonds is 4. The Morgan fingerprint density at radius 3 is 2.08 bits per heavy atom. The minimum atomic E-state index is 0.355. The summed E-state index contributed by atoms with van der Waals surface area (Å²) in [7, 11) is 3.19. The van der Waals surface area contributed by atoms with Gasteiger partial charge in [-0.2, -0.15) is 5.11 Å². The highest BCUT2D eigenvalue weighted by atomic mass is 16.5. The van der Waals surface area contributed by atoms with Crippen molar-refractivity contribution in [2.75, 3.05) is 14.2 Å². The Morgan fingerprint density at radius 1 is 1.15 bits per heavy atom. The molecule has 1 N–H and O–H groups in total. The summed E-state index contributed by atoms with van der Waals surface area (Å²) in [5.74, 6) is 1.44. The quantitative estimate of drug-likeness (QED) is 0.722. The Hall–Kier alpha value is -1.58. The number of hydrogen-bond acceptors (Lipinski definition) is 4. The molecule has 70 valence electrons. The van der Waals surface area contributed by atoms with Crippen LogP contribution in [0.2, 0.25) is 0 Å². The number of ether oxygens (including phenoxy) is 2. The second kappa shape index (κ2) is 4.45. The molecule has 4 nitrogen and oxygen atoms in total. The molecule has 0 heterocycles. The van der Waals surface area contributed by atoms with Crippen LogP contribution in [0.25, 0.3) is 0 Å². The zero-order valence-corrected chi connectivity index (χ0v) is 7.70. The van der Waals surface area contributed by atoms with Crippen LogP contribution < -0.4 is 9.47 Å². The van der Waals surface area contributed by atoms with Crippen LogP contribution in [0.4, 0.5) is 0 Å². The van der Waals surface area contributed by atoms with Gasteiger partial charge in [0, 0.05) is 6.07 Å². The molecule has 0 aliphatic carbocycles. The van der Waals surface area contributed by atoms with E-state index in [0.29, 0.717) is 6.54 Å². The lowest BCUT2D eigenvalue weighted by Gasteiger charge is -2.05. The Morgan fingerprint density at radius 2 is 1.69 bits per heavy atom. The molecule has 0 spiro atoms. The van der Waals surface area contributed by atoms with Crippen molar-refractivity contribution < 1.29 is 9.47 Å². The molecule has 0 bridgehead atoms. The van der Waals surface area contributed by atoms with E-state index in [0.717, 1.165) is 17.1 Å². The summed E-state index contributed by atoms with van der Waals surface area (Å²) >= 11 is 0. The second-order valence-corrected chi connectivity index (χ2v) is 2.54. The van der Waals surface area contributed by atoms with E-state index in [4.69, 9.17) is 15.0 Å². The van der Waals surface area contributed by atoms with Crippen molar-refractivity contribution in [3.05, 3.63) is 23.8 Å². The molecule has 13 heavy (non-hydrogen) atoms. The largest absolute Gasteiger partial charge is 0.497 e. The van der Waals surface area contributed by atoms with Crippen molar-refractivity contribution in [1.82, 2.24) is 0 Å². The normalized spacial score (nSPS) is 9.38. The first-order chi connectivity index (χ1) is 6.30. The molecule has 0 aromatic heterocycles. The Labute approximate surface area is 77.0 Å². The van der Waals surface area contributed by atoms with E-state index < -0.39 is 0 Å². The highest BCUT2D eigenvalue weighted by molar-refractivity contribution is 5.38. The van der Waals surface area contributed by atoms with Gasteiger partial charge in [-0.3, -0.25) is 0 Å². The first-order valence-electron chi connectivity index (χ1n) is 3.85. The van der Waals surface area contributed by atoms with Gasteiger partial charge in [-0.1, -0.05) is 0 Å². The third-order valence-corrected chi connectivity index (χ3v) is 1.67. The average molecular weight is 180 g/mol. The van der Waals surface area contributed by atoms with E-state index in [1.165, 1.54) is 0 Å². The number of nitrogens with one attached hydrogen (secondary N) is 1. The molecule has 0 amide bonds. The summed E-state index contributed by atoms with van der Waals surface area (Å²) in [5, 5.41) is 3.30. The highest BCUT2D eigenvalue weighted by Gasteiger charge is 2.00. The van der Waals surface area contributed by atoms with E-state index in [9.17, 15) is 0 Å². The lowest BCUT2D eigenvalue weighted by atomic mass is 10.2. The smallest absolute Gasteiger partial charge is 0.122 e. The van der Waals surface area contributed by atoms with Crippen LogP contribution in [0.1, 0.15) is 5.56 Å². The van der Waals surface area contributed by atoms with E-state index >= 15 is 0 Å². The van der Waals surface area contributed by atoms with Gasteiger partial charge in [-0.25, -0.2) is 5.53 Å². The van der Waals surface area contributed by atoms with Gasteiger partial charge in [0.1, 0.15) is 11.5 Å². The first kappa shape index (κ1) is 9.51. The topological polar surface area (TPSA) is 54.7 Å². The molecular weight excluding hydrogens is 168 g/mol. The van der Waals surface area contributed by atoms with Gasteiger partial charge in [-0.05, 0) is 17.7 Å². The fraction of sp³-hybridized carbons (Fsp3) is 0.333. The predicted molar refractivity (Wildman–Crippen MR) is 48.4 cm³/mol. The van der Waals surface area contributed by atoms with Crippen molar-refractivity contribution in [1.29, 1.82) is 5.53 Å². The Kier molecular flexibility index (Phi) is 3.25. The predicted octanol–water partition coefficient (Wildman–Crippen LogP) is 2.23. The van der Waals surface area contributed by atoms with E-state index in [1.807, 2.05) is 12.1 Å². The molecule has 0 atom stereocenters. The number of hydrogen-bond donors (Lipinski definition) is 1. The van der Waals surface area contributed by atoms with Gasteiger partial charge in [0.2, 0.25) is 0 Å². The van der Waals surface area contributed by atoms with Crippen molar-refractivity contribution in [2.24, 2.45) is 5.11 Å². The van der Waals surface area contributed by atoms with Gasteiger partial charge in [0.25, 0.3) is 0 Å². The molecule has 0 saturated heterocycles. The van der Waals surface area contributed by atoms with Crippen LogP contribution in [0.15, 0.2) is 23.3 Å². The van der Waals surface area contributed by atoms with Crippen LogP contribution in [-0.4, -0.2) is 14.2 Å². The average Bonchev–Trinajstić information content (AvgIpc) is 2.17. The SMILES string of the molecule is COc1cc(CN=N)cc(OC)c1. The fourth-order valence-corrected chi connectivity index (χ4v) is 1.05. The number of nitrogens with zero attached hydrogens (tertiary/aromatic N) is 1. The van der Waals surface area contributed by atoms with E-state index in [2.05, 4.69) is 5.11 Å². The second-order valence-electron chi connectivity index (χ2n) is 2.54. The maximum Gasteiger partial charge on any atom is 0.122 e. The molecule has 0 unspecified atom stereocenters. The molecule has 1 rings (SSSR count). The third kappa shape index (κ3) is 2.43. The molecule has 1 aromatic rings. The molecule has 1 aromatic carbocycles. The van der Waals surface area contributed by atoms with E-state index in [1.54, 1.807) is 20.3 Å². The summed E-state index contributed by atoms with van der Waals surface area (Å²) in [4.78, 5) is 0. The van der Waals surface area contributed by atoms with Crippen molar-refractivity contribution in [2.45, 2.75) is 6.54 Å². The van der Waals surface area contributed by atoms with Crippen LogP contribution >= 0.6 is 0 Å². The van der Waals surface area contributed by atoms with Gasteiger partial charge < -0.3 is 9.47 Å². The van der Waals surface area contributed by atoms with Crippen molar-refractivity contribution in [3.63, 3.8) is 0 Å². The highest BCUT2D eigenvalue weighted by Crippen LogP contribution is 2.22. The molecular formula is C9H12N2O2. The third-order valence-electron chi connectivity index (χ3n) is 1.67. The summed E-state index contributed by atoms with van der Waals surface area (Å²) in [5.41, 5.74) is 7.65. The molecule has 0 radical (unpaired) electrons. The standard InChI is InChI=1S/C9H12N2O2/c1-12-8-3-7(6-11-10)4-9(5-8)13-2/h3-5,10H,6H2,1-2H3. The maximum atomic E-state index is 6.74. The molecule has 0 saturated carbocycles. The first-order valence-corrected chi connectivity index (χ1v) is 3.85. The summed E-state index contributed by atoms with van der Waals surface area (Å²) < 4.78 is 10.1. The maximum absolute atomic E-state index is 6.74. The monoisotopic (exact) mass is 180 g/mol. The Bertz CT molecular complexity index is 277. The lowest BCUT2D eigenvalue weighted by Crippen LogP contribution is -1.90. The molecule has 0 aliphatic rings. The number of benzene rings is 1. The lowest BCUT2D eigenvalue weighted by molar-refractivity contribution is 0.393. The minimum Gasteiger partial charge on any atom is -0.497 e. The van der Waals surface area contributed by atoms with Gasteiger partial charge >= 0.3 is 0 Å². The summed E-state index contributed by atoms with van der Waals surface area (Å²) in [6.45, 7) is 0.355. The fourth-order valence-electron chi connectivity index (χ4n) is 1.05. The summed E-state index contributed by atoms with van der Waals surface area (Å²) in [6, 6.07) is 5.45. The molecule has 4 heteroatoms. The zero-order valence-electron chi connectivity index (χ0n) is 7.70. The van der Waals surface area contributed by atoms with E-state index in [-0.39, 0.29) is 0 Å². The summed E-state index contributed by atoms with van der Waals surface area (Å²) in [6.07, 6.45) is 0. The molecule has 0 aliphatic heterocycles. The zero-order chi connectivity index (χ0) is 9.68. The van der Waals surface area contributed by atoms with Gasteiger partial charge in [-0.15, -0.1) is 0 Å². The Balaban J connectivity index is 2.99. The van der Waals surface area contributed by atoms with Crippen LogP contribution in [0.5, 0.6) is 11.5 Å². The van der Waals surface area contributed by atoms with Crippen LogP contribution in [-0.2, 0) is 6.54 Å². The van der Waals surface area contributed by atoms with Crippen molar-refractivity contribution in [3.8, 4) is 11.5 Å². The van der Waals surface area contributed by atoms with Gasteiger partial charge in [0.05, 0.1) is 20.8 Å². The van der Waals surface area contributed by atoms with Crippen molar-refractivity contribution >= 4 is 0 Å². The van der Waals surface area contributed by atoms with Crippen LogP contribution in [0.3, 0.4) is 0 Å².